The zero-order chi connectivity index (χ0) is 31.3. The van der Waals surface area contributed by atoms with Crippen LogP contribution in [0, 0.1) is 23.0 Å². The average molecular weight is 619 g/mol. The molecule has 1 aromatic carbocycles. The molecule has 5 heterocycles. The highest BCUT2D eigenvalue weighted by Crippen LogP contribution is 2.42. The summed E-state index contributed by atoms with van der Waals surface area (Å²) in [6, 6.07) is 4.54. The predicted molar refractivity (Wildman–Crippen MR) is 167 cm³/mol. The van der Waals surface area contributed by atoms with Crippen molar-refractivity contribution in [3.05, 3.63) is 48.2 Å². The number of ether oxygens (including phenoxy) is 1. The van der Waals surface area contributed by atoms with Gasteiger partial charge in [-0.25, -0.2) is 8.78 Å². The summed E-state index contributed by atoms with van der Waals surface area (Å²) in [6.07, 6.45) is 5.49. The summed E-state index contributed by atoms with van der Waals surface area (Å²) < 4.78 is 37.6. The van der Waals surface area contributed by atoms with Crippen LogP contribution in [0.5, 0.6) is 6.01 Å². The number of benzene rings is 1. The Morgan fingerprint density at radius 2 is 2.11 bits per heavy atom. The lowest BCUT2D eigenvalue weighted by molar-refractivity contribution is -0.126. The van der Waals surface area contributed by atoms with Gasteiger partial charge < -0.3 is 25.2 Å². The maximum Gasteiger partial charge on any atom is 0.319 e. The van der Waals surface area contributed by atoms with Gasteiger partial charge in [0.25, 0.3) is 0 Å². The minimum absolute atomic E-state index is 0.0159. The molecule has 2 aliphatic rings. The Morgan fingerprint density at radius 1 is 1.32 bits per heavy atom. The van der Waals surface area contributed by atoms with Crippen LogP contribution in [0.2, 0.25) is 0 Å². The number of carbonyl (C=O) groups is 1. The van der Waals surface area contributed by atoms with Crippen LogP contribution in [0.15, 0.2) is 31.0 Å². The van der Waals surface area contributed by atoms with E-state index in [0.717, 1.165) is 30.7 Å². The summed E-state index contributed by atoms with van der Waals surface area (Å²) in [5.74, 6) is -1.06. The summed E-state index contributed by atoms with van der Waals surface area (Å²) in [6.45, 7) is 7.43. The number of thiophene rings is 1. The number of hydrogen-bond donors (Lipinski definition) is 1. The zero-order valence-corrected chi connectivity index (χ0v) is 25.5. The lowest BCUT2D eigenvalue weighted by Gasteiger charge is -2.32. The van der Waals surface area contributed by atoms with Gasteiger partial charge in [0.15, 0.2) is 5.82 Å². The molecule has 2 N–H and O–H groups in total. The summed E-state index contributed by atoms with van der Waals surface area (Å²) in [5, 5.41) is 10.5. The van der Waals surface area contributed by atoms with Crippen molar-refractivity contribution in [2.45, 2.75) is 44.3 Å². The van der Waals surface area contributed by atoms with E-state index in [2.05, 4.69) is 21.4 Å². The quantitative estimate of drug-likeness (QED) is 0.293. The van der Waals surface area contributed by atoms with Gasteiger partial charge in [-0.1, -0.05) is 6.58 Å². The zero-order valence-electron chi connectivity index (χ0n) is 24.7. The number of likely N-dealkylation sites (N-methyl/N-ethyl adjacent to an activating group) is 2. The third-order valence-corrected chi connectivity index (χ3v) is 9.94. The molecule has 3 unspecified atom stereocenters. The van der Waals surface area contributed by atoms with Crippen LogP contribution in [0.4, 0.5) is 19.6 Å². The first-order chi connectivity index (χ1) is 21.1. The van der Waals surface area contributed by atoms with Gasteiger partial charge in [0.1, 0.15) is 40.5 Å². The van der Waals surface area contributed by atoms with Gasteiger partial charge in [-0.2, -0.15) is 15.2 Å². The Morgan fingerprint density at radius 3 is 2.82 bits per heavy atom. The van der Waals surface area contributed by atoms with Gasteiger partial charge in [0, 0.05) is 42.8 Å². The Kier molecular flexibility index (Phi) is 7.81. The molecular formula is C31H32F2N8O2S. The number of anilines is 2. The number of amides is 1. The number of nitriles is 1. The Balaban J connectivity index is 1.49. The molecule has 228 valence electrons. The molecule has 0 radical (unpaired) electrons. The fourth-order valence-corrected chi connectivity index (χ4v) is 7.38. The highest BCUT2D eigenvalue weighted by Gasteiger charge is 2.37. The molecule has 10 nitrogen and oxygen atoms in total. The van der Waals surface area contributed by atoms with Crippen LogP contribution in [0.3, 0.4) is 0 Å². The second kappa shape index (κ2) is 11.6. The van der Waals surface area contributed by atoms with Crippen molar-refractivity contribution in [2.24, 2.45) is 0 Å². The number of likely N-dealkylation sites (tertiary alicyclic amines) is 2. The van der Waals surface area contributed by atoms with Crippen LogP contribution >= 0.6 is 11.3 Å². The number of fused-ring (bicyclic) bond motifs is 2. The van der Waals surface area contributed by atoms with Crippen molar-refractivity contribution >= 4 is 49.1 Å². The van der Waals surface area contributed by atoms with Crippen molar-refractivity contribution in [1.29, 1.82) is 5.26 Å². The summed E-state index contributed by atoms with van der Waals surface area (Å²) >= 11 is 0.933. The van der Waals surface area contributed by atoms with E-state index in [1.165, 1.54) is 24.4 Å². The number of nitrogen functional groups attached to an aromatic ring is 1. The van der Waals surface area contributed by atoms with Crippen molar-refractivity contribution in [3.63, 3.8) is 0 Å². The van der Waals surface area contributed by atoms with E-state index in [9.17, 15) is 14.4 Å². The molecule has 3 aromatic heterocycles. The van der Waals surface area contributed by atoms with Crippen LogP contribution < -0.4 is 15.4 Å². The van der Waals surface area contributed by atoms with Crippen molar-refractivity contribution in [3.8, 4) is 23.3 Å². The number of rotatable bonds is 7. The topological polar surface area (TPSA) is 125 Å². The maximum absolute atomic E-state index is 16.6. The molecule has 2 aliphatic heterocycles. The highest BCUT2D eigenvalue weighted by atomic mass is 32.1. The molecule has 0 spiro atoms. The minimum Gasteiger partial charge on any atom is -0.462 e. The monoisotopic (exact) mass is 618 g/mol. The standard InChI is InChI=1S/C31H32F2N8O2S/c1-5-23(42)41-12-10-22(16(41)2)40(4)30-20-14-36-26(18-8-9-21(32)28-24(18)19(13-34)29(35)44-28)25(33)27(20)37-31(38-30)43-15-17-7-6-11-39(17)3/h5,8-9,14,16-17,22H,1,6-7,10-12,15,35H2,2-4H3. The molecule has 4 aromatic rings. The number of carbonyl (C=O) groups excluding carboxylic acids is 1. The minimum atomic E-state index is -0.758. The second-order valence-corrected chi connectivity index (χ2v) is 12.3. The molecule has 3 atom stereocenters. The number of aromatic nitrogens is 3. The molecule has 0 aliphatic carbocycles. The lowest BCUT2D eigenvalue weighted by Crippen LogP contribution is -2.43. The van der Waals surface area contributed by atoms with Gasteiger partial charge >= 0.3 is 6.01 Å². The fourth-order valence-electron chi connectivity index (χ4n) is 6.43. The Bertz CT molecular complexity index is 1840. The van der Waals surface area contributed by atoms with E-state index < -0.39 is 11.6 Å². The first-order valence-electron chi connectivity index (χ1n) is 14.4. The fraction of sp³-hybridized carbons (Fsp3) is 0.387. The summed E-state index contributed by atoms with van der Waals surface area (Å²) in [5.41, 5.74) is 6.21. The van der Waals surface area contributed by atoms with E-state index in [0.29, 0.717) is 30.8 Å². The highest BCUT2D eigenvalue weighted by molar-refractivity contribution is 7.23. The van der Waals surface area contributed by atoms with Crippen molar-refractivity contribution < 1.29 is 18.3 Å². The van der Waals surface area contributed by atoms with E-state index in [1.54, 1.807) is 4.90 Å². The van der Waals surface area contributed by atoms with Crippen LogP contribution in [0.1, 0.15) is 31.7 Å². The molecule has 13 heteroatoms. The second-order valence-electron chi connectivity index (χ2n) is 11.3. The van der Waals surface area contributed by atoms with E-state index in [-0.39, 0.29) is 67.5 Å². The Hall–Kier alpha value is -4.41. The number of hydrogen-bond acceptors (Lipinski definition) is 10. The van der Waals surface area contributed by atoms with E-state index in [1.807, 2.05) is 32.0 Å². The van der Waals surface area contributed by atoms with Crippen LogP contribution in [-0.2, 0) is 4.79 Å². The third kappa shape index (κ3) is 4.88. The van der Waals surface area contributed by atoms with Crippen LogP contribution in [0.25, 0.3) is 32.2 Å². The largest absolute Gasteiger partial charge is 0.462 e. The Labute approximate surface area is 257 Å². The molecular weight excluding hydrogens is 586 g/mol. The molecule has 0 saturated carbocycles. The van der Waals surface area contributed by atoms with Gasteiger partial charge in [-0.3, -0.25) is 9.78 Å². The third-order valence-electron chi connectivity index (χ3n) is 8.91. The number of nitrogens with two attached hydrogens (primary N) is 1. The van der Waals surface area contributed by atoms with Crippen molar-refractivity contribution in [2.75, 3.05) is 44.4 Å². The molecule has 0 bridgehead atoms. The average Bonchev–Trinajstić information content (AvgIpc) is 3.71. The molecule has 2 fully saturated rings. The first-order valence-corrected chi connectivity index (χ1v) is 15.2. The summed E-state index contributed by atoms with van der Waals surface area (Å²) in [4.78, 5) is 32.0. The van der Waals surface area contributed by atoms with Gasteiger partial charge in [-0.05, 0) is 58.0 Å². The molecule has 6 rings (SSSR count). The normalized spacial score (nSPS) is 20.4. The van der Waals surface area contributed by atoms with Gasteiger partial charge in [0.05, 0.1) is 21.7 Å². The number of nitrogens with zero attached hydrogens (tertiary/aromatic N) is 7. The first kappa shape index (κ1) is 29.7. The maximum atomic E-state index is 16.6. The van der Waals surface area contributed by atoms with Gasteiger partial charge in [0.2, 0.25) is 5.91 Å². The SMILES string of the molecule is C=CC(=O)N1CCC(N(C)c2nc(OCC3CCCN3C)nc3c(F)c(-c4ccc(F)c5sc(N)c(C#N)c45)ncc23)C1C. The van der Waals surface area contributed by atoms with E-state index >= 15 is 4.39 Å². The lowest BCUT2D eigenvalue weighted by atomic mass is 10.0. The summed E-state index contributed by atoms with van der Waals surface area (Å²) in [7, 11) is 3.88. The number of pyridine rings is 1. The predicted octanol–water partition coefficient (Wildman–Crippen LogP) is 4.72. The smallest absolute Gasteiger partial charge is 0.319 e. The van der Waals surface area contributed by atoms with E-state index in [4.69, 9.17) is 15.5 Å². The van der Waals surface area contributed by atoms with Crippen molar-refractivity contribution in [1.82, 2.24) is 24.8 Å². The van der Waals surface area contributed by atoms with Crippen LogP contribution in [-0.4, -0.2) is 82.6 Å². The number of halogens is 2. The molecule has 2 saturated heterocycles. The molecule has 1 amide bonds. The van der Waals surface area contributed by atoms with Gasteiger partial charge in [-0.15, -0.1) is 11.3 Å². The molecule has 44 heavy (non-hydrogen) atoms.